The molecule has 1 aliphatic rings. The summed E-state index contributed by atoms with van der Waals surface area (Å²) in [6.45, 7) is 4.47. The number of hydrogen-bond acceptors (Lipinski definition) is 4. The molecule has 0 aliphatic carbocycles. The molecule has 1 aromatic carbocycles. The van der Waals surface area contributed by atoms with E-state index >= 15 is 0 Å². The third kappa shape index (κ3) is 3.57. The van der Waals surface area contributed by atoms with E-state index in [4.69, 9.17) is 9.47 Å². The van der Waals surface area contributed by atoms with E-state index < -0.39 is 6.03 Å². The number of carbonyl (C=O) groups is 1. The van der Waals surface area contributed by atoms with E-state index in [1.807, 2.05) is 37.3 Å². The first-order valence-corrected chi connectivity index (χ1v) is 9.25. The SMILES string of the molecule is CCCCCCN1C(=O)C(=C(CC)c2ccccc2)[N+](=O)C1(OC)OC. The highest BCUT2D eigenvalue weighted by Crippen LogP contribution is 2.37. The topological polar surface area (TPSA) is 58.9 Å². The molecular weight excluding hydrogens is 332 g/mol. The molecule has 2 rings (SSSR count). The van der Waals surface area contributed by atoms with Crippen LogP contribution in [0.5, 0.6) is 0 Å². The van der Waals surface area contributed by atoms with Crippen molar-refractivity contribution in [2.24, 2.45) is 0 Å². The highest BCUT2D eigenvalue weighted by atomic mass is 16.8. The van der Waals surface area contributed by atoms with E-state index in [0.717, 1.165) is 31.2 Å². The standard InChI is InChI=1S/C20H29N2O4/c1-5-7-8-12-15-21-19(23)18(22(24)20(21,25-3)26-4)17(6-2)16-13-10-9-11-14-16/h9-11,13-14H,5-8,12,15H2,1-4H3/q+1. The molecule has 1 heterocycles. The minimum Gasteiger partial charge on any atom is -0.275 e. The fraction of sp³-hybridized carbons (Fsp3) is 0.550. The summed E-state index contributed by atoms with van der Waals surface area (Å²) in [4.78, 5) is 27.7. The van der Waals surface area contributed by atoms with Crippen LogP contribution in [0.1, 0.15) is 51.5 Å². The molecule has 0 unspecified atom stereocenters. The molecule has 0 radical (unpaired) electrons. The lowest BCUT2D eigenvalue weighted by molar-refractivity contribution is -0.707. The van der Waals surface area contributed by atoms with Crippen molar-refractivity contribution in [2.45, 2.75) is 52.0 Å². The molecule has 0 aromatic heterocycles. The van der Waals surface area contributed by atoms with Crippen LogP contribution in [-0.4, -0.2) is 42.4 Å². The summed E-state index contributed by atoms with van der Waals surface area (Å²) in [5.74, 6) is -0.346. The molecule has 0 saturated carbocycles. The van der Waals surface area contributed by atoms with E-state index in [2.05, 4.69) is 6.92 Å². The van der Waals surface area contributed by atoms with Crippen molar-refractivity contribution in [3.63, 3.8) is 0 Å². The van der Waals surface area contributed by atoms with Crippen LogP contribution in [0.3, 0.4) is 0 Å². The zero-order valence-corrected chi connectivity index (χ0v) is 16.2. The molecule has 1 aliphatic heterocycles. The van der Waals surface area contributed by atoms with Gasteiger partial charge >= 0.3 is 17.6 Å². The Hall–Kier alpha value is -2.05. The van der Waals surface area contributed by atoms with Gasteiger partial charge in [-0.1, -0.05) is 63.4 Å². The monoisotopic (exact) mass is 361 g/mol. The molecule has 6 nitrogen and oxygen atoms in total. The highest BCUT2D eigenvalue weighted by Gasteiger charge is 2.68. The Bertz CT molecular complexity index is 666. The van der Waals surface area contributed by atoms with Crippen LogP contribution in [0, 0.1) is 4.91 Å². The molecule has 0 bridgehead atoms. The van der Waals surface area contributed by atoms with Crippen molar-refractivity contribution >= 4 is 11.5 Å². The fourth-order valence-corrected chi connectivity index (χ4v) is 3.40. The second-order valence-electron chi connectivity index (χ2n) is 6.32. The second kappa shape index (κ2) is 9.05. The number of allylic oxidation sites excluding steroid dienone is 1. The van der Waals surface area contributed by atoms with Crippen LogP contribution in [0.2, 0.25) is 0 Å². The summed E-state index contributed by atoms with van der Waals surface area (Å²) in [5, 5.41) is 0. The summed E-state index contributed by atoms with van der Waals surface area (Å²) in [6, 6.07) is 7.75. The zero-order chi connectivity index (χ0) is 19.2. The molecule has 0 atom stereocenters. The lowest BCUT2D eigenvalue weighted by Crippen LogP contribution is -2.53. The Balaban J connectivity index is 2.47. The number of rotatable bonds is 9. The lowest BCUT2D eigenvalue weighted by atomic mass is 10.0. The molecule has 6 heteroatoms. The fourth-order valence-electron chi connectivity index (χ4n) is 3.40. The number of ether oxygens (including phenoxy) is 2. The summed E-state index contributed by atoms with van der Waals surface area (Å²) < 4.78 is 11.4. The number of carbonyl (C=O) groups excluding carboxylic acids is 1. The van der Waals surface area contributed by atoms with Gasteiger partial charge in [0, 0.05) is 31.2 Å². The van der Waals surface area contributed by atoms with Crippen LogP contribution in [0.25, 0.3) is 5.57 Å². The maximum atomic E-state index is 13.2. The van der Waals surface area contributed by atoms with Crippen LogP contribution >= 0.6 is 0 Å². The smallest absolute Gasteiger partial charge is 0.275 e. The van der Waals surface area contributed by atoms with Crippen molar-refractivity contribution in [3.05, 3.63) is 46.5 Å². The Labute approximate surface area is 155 Å². The van der Waals surface area contributed by atoms with Gasteiger partial charge in [0.1, 0.15) is 4.76 Å². The van der Waals surface area contributed by atoms with Gasteiger partial charge < -0.3 is 0 Å². The van der Waals surface area contributed by atoms with Crippen molar-refractivity contribution in [2.75, 3.05) is 20.8 Å². The van der Waals surface area contributed by atoms with Crippen LogP contribution < -0.4 is 0 Å². The zero-order valence-electron chi connectivity index (χ0n) is 16.2. The van der Waals surface area contributed by atoms with Gasteiger partial charge in [-0.2, -0.15) is 0 Å². The lowest BCUT2D eigenvalue weighted by Gasteiger charge is -2.24. The first kappa shape index (κ1) is 20.3. The molecule has 1 fully saturated rings. The molecule has 142 valence electrons. The van der Waals surface area contributed by atoms with E-state index in [1.54, 1.807) is 0 Å². The minimum absolute atomic E-state index is 0.0953. The second-order valence-corrected chi connectivity index (χ2v) is 6.32. The predicted molar refractivity (Wildman–Crippen MR) is 99.9 cm³/mol. The highest BCUT2D eigenvalue weighted by molar-refractivity contribution is 6.00. The van der Waals surface area contributed by atoms with Gasteiger partial charge in [0.25, 0.3) is 0 Å². The molecule has 1 amide bonds. The molecule has 1 aromatic rings. The third-order valence-corrected chi connectivity index (χ3v) is 4.78. The first-order chi connectivity index (χ1) is 12.6. The van der Waals surface area contributed by atoms with Crippen LogP contribution in [0.15, 0.2) is 36.0 Å². The summed E-state index contributed by atoms with van der Waals surface area (Å²) in [7, 11) is 2.77. The van der Waals surface area contributed by atoms with E-state index in [0.29, 0.717) is 23.3 Å². The van der Waals surface area contributed by atoms with Crippen molar-refractivity contribution in [1.82, 2.24) is 4.90 Å². The van der Waals surface area contributed by atoms with E-state index in [9.17, 15) is 9.70 Å². The van der Waals surface area contributed by atoms with Gasteiger partial charge in [-0.05, 0) is 18.4 Å². The Morgan fingerprint density at radius 1 is 1.08 bits per heavy atom. The Morgan fingerprint density at radius 2 is 1.73 bits per heavy atom. The van der Waals surface area contributed by atoms with Gasteiger partial charge in [-0.15, -0.1) is 0 Å². The van der Waals surface area contributed by atoms with E-state index in [1.165, 1.54) is 19.1 Å². The number of hydrogen-bond donors (Lipinski definition) is 0. The van der Waals surface area contributed by atoms with Crippen molar-refractivity contribution in [3.8, 4) is 0 Å². The number of nitrogens with zero attached hydrogens (tertiary/aromatic N) is 2. The number of methoxy groups -OCH3 is 2. The molecule has 0 N–H and O–H groups in total. The van der Waals surface area contributed by atoms with Gasteiger partial charge in [0.2, 0.25) is 0 Å². The third-order valence-electron chi connectivity index (χ3n) is 4.78. The Morgan fingerprint density at radius 3 is 2.27 bits per heavy atom. The molecule has 26 heavy (non-hydrogen) atoms. The average Bonchev–Trinajstić information content (AvgIpc) is 2.88. The maximum Gasteiger partial charge on any atom is 0.535 e. The van der Waals surface area contributed by atoms with Gasteiger partial charge in [-0.3, -0.25) is 14.3 Å². The van der Waals surface area contributed by atoms with Crippen LogP contribution in [-0.2, 0) is 14.3 Å². The quantitative estimate of drug-likeness (QED) is 0.290. The van der Waals surface area contributed by atoms with Crippen molar-refractivity contribution in [1.29, 1.82) is 0 Å². The number of benzene rings is 1. The van der Waals surface area contributed by atoms with Crippen molar-refractivity contribution < 1.29 is 19.0 Å². The first-order valence-electron chi connectivity index (χ1n) is 9.25. The van der Waals surface area contributed by atoms with Gasteiger partial charge in [0.15, 0.2) is 0 Å². The minimum atomic E-state index is -1.74. The summed E-state index contributed by atoms with van der Waals surface area (Å²) in [5.41, 5.74) is 1.64. The van der Waals surface area contributed by atoms with Gasteiger partial charge in [-0.25, -0.2) is 4.90 Å². The van der Waals surface area contributed by atoms with Crippen LogP contribution in [0.4, 0.5) is 0 Å². The number of nitroso groups, excluding NO2 is 1. The van der Waals surface area contributed by atoms with Gasteiger partial charge in [0.05, 0.1) is 0 Å². The predicted octanol–water partition coefficient (Wildman–Crippen LogP) is 3.91. The summed E-state index contributed by atoms with van der Waals surface area (Å²) in [6.07, 6.45) is 4.52. The molecular formula is C20H29N2O4+. The normalized spacial score (nSPS) is 18.5. The van der Waals surface area contributed by atoms with E-state index in [-0.39, 0.29) is 11.6 Å². The molecule has 0 spiro atoms. The maximum absolute atomic E-state index is 13.2. The number of unbranched alkanes of at least 4 members (excludes halogenated alkanes) is 3. The summed E-state index contributed by atoms with van der Waals surface area (Å²) >= 11 is 0. The Kier molecular flexibility index (Phi) is 7.06. The molecule has 1 saturated heterocycles. The average molecular weight is 361 g/mol. The largest absolute Gasteiger partial charge is 0.535 e. The number of amides is 1.